The summed E-state index contributed by atoms with van der Waals surface area (Å²) in [6.45, 7) is 8.21. The van der Waals surface area contributed by atoms with E-state index in [0.717, 1.165) is 12.8 Å². The summed E-state index contributed by atoms with van der Waals surface area (Å²) in [6.07, 6.45) is 6.74. The van der Waals surface area contributed by atoms with Crippen LogP contribution in [0.3, 0.4) is 0 Å². The van der Waals surface area contributed by atoms with Gasteiger partial charge in [0.2, 0.25) is 5.91 Å². The molecule has 0 bridgehead atoms. The van der Waals surface area contributed by atoms with E-state index in [0.29, 0.717) is 37.2 Å². The third-order valence-electron chi connectivity index (χ3n) is 4.43. The Balaban J connectivity index is 1.96. The Hall–Kier alpha value is -2.40. The van der Waals surface area contributed by atoms with E-state index < -0.39 is 5.60 Å². The first-order valence-electron chi connectivity index (χ1n) is 8.61. The van der Waals surface area contributed by atoms with Gasteiger partial charge in [0.15, 0.2) is 0 Å². The molecule has 1 aliphatic carbocycles. The number of carbonyl (C=O) groups is 2. The summed E-state index contributed by atoms with van der Waals surface area (Å²) in [5, 5.41) is 13.1. The van der Waals surface area contributed by atoms with E-state index in [-0.39, 0.29) is 18.2 Å². The van der Waals surface area contributed by atoms with Crippen LogP contribution >= 0.6 is 0 Å². The van der Waals surface area contributed by atoms with Crippen LogP contribution in [0.5, 0.6) is 0 Å². The molecule has 0 aliphatic heterocycles. The predicted molar refractivity (Wildman–Crippen MR) is 99.4 cm³/mol. The Labute approximate surface area is 149 Å². The lowest BCUT2D eigenvalue weighted by molar-refractivity contribution is -0.120. The number of aliphatic hydroxyl groups is 1. The van der Waals surface area contributed by atoms with Gasteiger partial charge in [-0.3, -0.25) is 9.59 Å². The molecule has 0 aromatic heterocycles. The maximum absolute atomic E-state index is 12.4. The average molecular weight is 342 g/mol. The van der Waals surface area contributed by atoms with E-state index in [1.807, 2.05) is 0 Å². The van der Waals surface area contributed by atoms with Crippen LogP contribution in [0.25, 0.3) is 0 Å². The van der Waals surface area contributed by atoms with Crippen molar-refractivity contribution < 1.29 is 14.7 Å². The molecular weight excluding hydrogens is 316 g/mol. The number of anilines is 1. The van der Waals surface area contributed by atoms with Crippen LogP contribution in [0, 0.1) is 0 Å². The van der Waals surface area contributed by atoms with Crippen LogP contribution < -0.4 is 5.32 Å². The summed E-state index contributed by atoms with van der Waals surface area (Å²) in [5.41, 5.74) is 0.286. The van der Waals surface area contributed by atoms with E-state index in [1.165, 1.54) is 0 Å². The summed E-state index contributed by atoms with van der Waals surface area (Å²) in [5.74, 6) is -0.318. The maximum atomic E-state index is 12.4. The molecule has 134 valence electrons. The van der Waals surface area contributed by atoms with Crippen LogP contribution in [0.15, 0.2) is 49.6 Å². The van der Waals surface area contributed by atoms with E-state index in [4.69, 9.17) is 0 Å². The summed E-state index contributed by atoms with van der Waals surface area (Å²) in [6, 6.07) is 6.76. The van der Waals surface area contributed by atoms with Crippen LogP contribution in [0.4, 0.5) is 5.69 Å². The van der Waals surface area contributed by atoms with E-state index in [9.17, 15) is 14.7 Å². The molecule has 2 N–H and O–H groups in total. The number of hydrogen-bond donors (Lipinski definition) is 2. The molecule has 1 aromatic rings. The highest BCUT2D eigenvalue weighted by atomic mass is 16.3. The molecule has 2 amide bonds. The molecule has 0 spiro atoms. The van der Waals surface area contributed by atoms with Gasteiger partial charge in [0, 0.05) is 24.3 Å². The van der Waals surface area contributed by atoms with Gasteiger partial charge in [0.25, 0.3) is 5.91 Å². The molecule has 25 heavy (non-hydrogen) atoms. The zero-order valence-electron chi connectivity index (χ0n) is 14.5. The first-order chi connectivity index (χ1) is 12.0. The highest BCUT2D eigenvalue weighted by molar-refractivity contribution is 5.96. The van der Waals surface area contributed by atoms with Crippen LogP contribution in [-0.2, 0) is 4.79 Å². The van der Waals surface area contributed by atoms with Gasteiger partial charge in [0.1, 0.15) is 0 Å². The van der Waals surface area contributed by atoms with Crippen molar-refractivity contribution in [2.24, 2.45) is 0 Å². The number of nitrogens with zero attached hydrogens (tertiary/aromatic N) is 1. The van der Waals surface area contributed by atoms with Crippen molar-refractivity contribution in [3.05, 3.63) is 55.1 Å². The summed E-state index contributed by atoms with van der Waals surface area (Å²) in [4.78, 5) is 26.2. The number of rotatable bonds is 8. The molecule has 0 radical (unpaired) electrons. The molecule has 0 heterocycles. The van der Waals surface area contributed by atoms with Gasteiger partial charge in [-0.25, -0.2) is 0 Å². The monoisotopic (exact) mass is 342 g/mol. The second kappa shape index (κ2) is 8.62. The highest BCUT2D eigenvalue weighted by Gasteiger charge is 2.33. The quantitative estimate of drug-likeness (QED) is 0.713. The number of carbonyl (C=O) groups excluding carboxylic acids is 2. The fourth-order valence-electron chi connectivity index (χ4n) is 3.14. The Morgan fingerprint density at radius 2 is 1.68 bits per heavy atom. The third kappa shape index (κ3) is 5.29. The van der Waals surface area contributed by atoms with Crippen LogP contribution in [-0.4, -0.2) is 40.5 Å². The van der Waals surface area contributed by atoms with Crippen molar-refractivity contribution in [3.8, 4) is 0 Å². The van der Waals surface area contributed by atoms with Crippen LogP contribution in [0.1, 0.15) is 42.5 Å². The fourth-order valence-corrected chi connectivity index (χ4v) is 3.14. The first-order valence-corrected chi connectivity index (χ1v) is 8.61. The molecule has 1 aliphatic rings. The van der Waals surface area contributed by atoms with Crippen molar-refractivity contribution >= 4 is 17.5 Å². The van der Waals surface area contributed by atoms with Crippen molar-refractivity contribution in [3.63, 3.8) is 0 Å². The molecule has 0 saturated heterocycles. The Morgan fingerprint density at radius 3 is 2.20 bits per heavy atom. The number of benzene rings is 1. The minimum atomic E-state index is -0.865. The average Bonchev–Trinajstić information content (AvgIpc) is 3.00. The fraction of sp³-hybridized carbons (Fsp3) is 0.400. The largest absolute Gasteiger partial charge is 0.389 e. The summed E-state index contributed by atoms with van der Waals surface area (Å²) in [7, 11) is 0. The maximum Gasteiger partial charge on any atom is 0.254 e. The van der Waals surface area contributed by atoms with Gasteiger partial charge in [-0.05, 0) is 37.1 Å². The summed E-state index contributed by atoms with van der Waals surface area (Å²) >= 11 is 0. The highest BCUT2D eigenvalue weighted by Crippen LogP contribution is 2.32. The first kappa shape index (κ1) is 18.9. The lowest BCUT2D eigenvalue weighted by atomic mass is 9.97. The van der Waals surface area contributed by atoms with E-state index in [1.54, 1.807) is 41.3 Å². The minimum Gasteiger partial charge on any atom is -0.389 e. The molecule has 0 unspecified atom stereocenters. The molecule has 0 atom stereocenters. The molecule has 1 aromatic carbocycles. The number of nitrogens with one attached hydrogen (secondary N) is 1. The molecule has 1 saturated carbocycles. The van der Waals surface area contributed by atoms with E-state index in [2.05, 4.69) is 18.5 Å². The molecule has 5 nitrogen and oxygen atoms in total. The van der Waals surface area contributed by atoms with Gasteiger partial charge < -0.3 is 15.3 Å². The normalized spacial score (nSPS) is 15.4. The minimum absolute atomic E-state index is 0.111. The van der Waals surface area contributed by atoms with Gasteiger partial charge in [-0.15, -0.1) is 13.2 Å². The SMILES string of the molecule is C=CCN(CC=C)C(=O)c1ccc(NC(=O)CC2(O)CCCC2)cc1. The smallest absolute Gasteiger partial charge is 0.254 e. The Morgan fingerprint density at radius 1 is 1.12 bits per heavy atom. The van der Waals surface area contributed by atoms with E-state index >= 15 is 0 Å². The Bertz CT molecular complexity index is 621. The summed E-state index contributed by atoms with van der Waals surface area (Å²) < 4.78 is 0. The zero-order valence-corrected chi connectivity index (χ0v) is 14.5. The van der Waals surface area contributed by atoms with Gasteiger partial charge in [-0.1, -0.05) is 25.0 Å². The Kier molecular flexibility index (Phi) is 6.53. The van der Waals surface area contributed by atoms with Gasteiger partial charge >= 0.3 is 0 Å². The molecule has 2 rings (SSSR count). The second-order valence-corrected chi connectivity index (χ2v) is 6.52. The standard InChI is InChI=1S/C20H26N2O3/c1-3-13-22(14-4-2)19(24)16-7-9-17(10-8-16)21-18(23)15-20(25)11-5-6-12-20/h3-4,7-10,25H,1-2,5-6,11-15H2,(H,21,23). The lowest BCUT2D eigenvalue weighted by Crippen LogP contribution is -2.31. The zero-order chi connectivity index (χ0) is 18.3. The van der Waals surface area contributed by atoms with Crippen LogP contribution in [0.2, 0.25) is 0 Å². The molecular formula is C20H26N2O3. The topological polar surface area (TPSA) is 69.6 Å². The third-order valence-corrected chi connectivity index (χ3v) is 4.43. The van der Waals surface area contributed by atoms with Gasteiger partial charge in [-0.2, -0.15) is 0 Å². The van der Waals surface area contributed by atoms with Crippen molar-refractivity contribution in [1.29, 1.82) is 0 Å². The molecule has 5 heteroatoms. The van der Waals surface area contributed by atoms with Crippen molar-refractivity contribution in [2.45, 2.75) is 37.7 Å². The molecule has 1 fully saturated rings. The van der Waals surface area contributed by atoms with Crippen molar-refractivity contribution in [2.75, 3.05) is 18.4 Å². The van der Waals surface area contributed by atoms with Gasteiger partial charge in [0.05, 0.1) is 12.0 Å². The number of hydrogen-bond acceptors (Lipinski definition) is 3. The number of amides is 2. The second-order valence-electron chi connectivity index (χ2n) is 6.52. The lowest BCUT2D eigenvalue weighted by Gasteiger charge is -2.21. The predicted octanol–water partition coefficient (Wildman–Crippen LogP) is 3.13. The van der Waals surface area contributed by atoms with Crippen molar-refractivity contribution in [1.82, 2.24) is 4.90 Å².